The summed E-state index contributed by atoms with van der Waals surface area (Å²) in [6.45, 7) is 3.44. The van der Waals surface area contributed by atoms with Crippen molar-refractivity contribution in [3.05, 3.63) is 58.4 Å². The molecule has 2 rings (SSSR count). The van der Waals surface area contributed by atoms with E-state index in [4.69, 9.17) is 9.47 Å². The van der Waals surface area contributed by atoms with Crippen LogP contribution < -0.4 is 4.74 Å². The molecule has 2 unspecified atom stereocenters. The Kier molecular flexibility index (Phi) is 6.95. The molecule has 146 valence electrons. The normalized spacial score (nSPS) is 14.2. The Bertz CT molecular complexity index is 744. The van der Waals surface area contributed by atoms with E-state index in [-0.39, 0.29) is 18.9 Å². The number of ether oxygens (including phenoxy) is 2. The van der Waals surface area contributed by atoms with Crippen LogP contribution in [-0.4, -0.2) is 40.3 Å². The summed E-state index contributed by atoms with van der Waals surface area (Å²) in [5.74, 6) is -0.119. The van der Waals surface area contributed by atoms with Gasteiger partial charge in [0, 0.05) is 24.0 Å². The summed E-state index contributed by atoms with van der Waals surface area (Å²) in [5, 5.41) is 21.3. The number of non-ortho nitro benzene ring substituents is 1. The average molecular weight is 376 g/mol. The van der Waals surface area contributed by atoms with Crippen LogP contribution in [0, 0.1) is 15.5 Å². The molecule has 0 amide bonds. The van der Waals surface area contributed by atoms with Gasteiger partial charge in [0.15, 0.2) is 0 Å². The van der Waals surface area contributed by atoms with Gasteiger partial charge in [0.2, 0.25) is 0 Å². The fraction of sp³-hybridized carbons (Fsp3) is 0.421. The SMILES string of the molecule is CCOC(=O)C(C)(CCc1ccc[nH]1)C(O)COc1ccc([N+](=O)[O-])cc1. The Labute approximate surface area is 157 Å². The lowest BCUT2D eigenvalue weighted by Gasteiger charge is -2.32. The predicted molar refractivity (Wildman–Crippen MR) is 98.5 cm³/mol. The highest BCUT2D eigenvalue weighted by atomic mass is 16.6. The van der Waals surface area contributed by atoms with Crippen LogP contribution in [0.2, 0.25) is 0 Å². The van der Waals surface area contributed by atoms with E-state index < -0.39 is 22.4 Å². The van der Waals surface area contributed by atoms with E-state index in [0.717, 1.165) is 5.69 Å². The Morgan fingerprint density at radius 2 is 2.04 bits per heavy atom. The number of aromatic amines is 1. The van der Waals surface area contributed by atoms with Gasteiger partial charge in [-0.3, -0.25) is 14.9 Å². The van der Waals surface area contributed by atoms with Crippen molar-refractivity contribution in [3.8, 4) is 5.75 Å². The van der Waals surface area contributed by atoms with Crippen LogP contribution in [0.1, 0.15) is 26.0 Å². The van der Waals surface area contributed by atoms with Gasteiger partial charge in [0.25, 0.3) is 5.69 Å². The molecule has 0 radical (unpaired) electrons. The number of carbonyl (C=O) groups is 1. The topological polar surface area (TPSA) is 115 Å². The number of H-pyrrole nitrogens is 1. The van der Waals surface area contributed by atoms with E-state index in [0.29, 0.717) is 18.6 Å². The second-order valence-corrected chi connectivity index (χ2v) is 6.41. The summed E-state index contributed by atoms with van der Waals surface area (Å²) in [5.41, 5.74) is -0.249. The fourth-order valence-corrected chi connectivity index (χ4v) is 2.64. The van der Waals surface area contributed by atoms with Crippen LogP contribution >= 0.6 is 0 Å². The molecule has 2 aromatic rings. The zero-order valence-electron chi connectivity index (χ0n) is 15.4. The smallest absolute Gasteiger partial charge is 0.314 e. The number of aliphatic hydroxyl groups excluding tert-OH is 1. The second-order valence-electron chi connectivity index (χ2n) is 6.41. The van der Waals surface area contributed by atoms with E-state index in [1.54, 1.807) is 20.0 Å². The summed E-state index contributed by atoms with van der Waals surface area (Å²) in [6, 6.07) is 9.31. The van der Waals surface area contributed by atoms with E-state index in [1.165, 1.54) is 24.3 Å². The molecule has 1 aromatic carbocycles. The maximum atomic E-state index is 12.5. The number of aliphatic hydroxyl groups is 1. The number of aromatic nitrogens is 1. The number of nitrogens with zero attached hydrogens (tertiary/aromatic N) is 1. The lowest BCUT2D eigenvalue weighted by molar-refractivity contribution is -0.384. The van der Waals surface area contributed by atoms with Crippen molar-refractivity contribution in [1.82, 2.24) is 4.98 Å². The van der Waals surface area contributed by atoms with Gasteiger partial charge in [-0.2, -0.15) is 0 Å². The number of aryl methyl sites for hydroxylation is 1. The summed E-state index contributed by atoms with van der Waals surface area (Å²) in [6.07, 6.45) is 1.63. The molecular weight excluding hydrogens is 352 g/mol. The van der Waals surface area contributed by atoms with Crippen LogP contribution in [0.5, 0.6) is 5.75 Å². The van der Waals surface area contributed by atoms with Crippen LogP contribution in [0.25, 0.3) is 0 Å². The number of nitrogens with one attached hydrogen (secondary N) is 1. The van der Waals surface area contributed by atoms with Gasteiger partial charge in [-0.05, 0) is 51.0 Å². The predicted octanol–water partition coefficient (Wildman–Crippen LogP) is 2.86. The first-order valence-electron chi connectivity index (χ1n) is 8.71. The molecular formula is C19H24N2O6. The number of nitro benzene ring substituents is 1. The van der Waals surface area contributed by atoms with E-state index in [9.17, 15) is 20.0 Å². The van der Waals surface area contributed by atoms with Crippen LogP contribution in [0.4, 0.5) is 5.69 Å². The van der Waals surface area contributed by atoms with Crippen molar-refractivity contribution in [2.45, 2.75) is 32.8 Å². The number of nitro groups is 1. The molecule has 0 aliphatic carbocycles. The highest BCUT2D eigenvalue weighted by Gasteiger charge is 2.42. The monoisotopic (exact) mass is 376 g/mol. The number of rotatable bonds is 10. The number of hydrogen-bond acceptors (Lipinski definition) is 6. The van der Waals surface area contributed by atoms with Crippen LogP contribution in [-0.2, 0) is 16.0 Å². The van der Waals surface area contributed by atoms with Crippen LogP contribution in [0.3, 0.4) is 0 Å². The van der Waals surface area contributed by atoms with Crippen molar-refractivity contribution < 1.29 is 24.3 Å². The van der Waals surface area contributed by atoms with Crippen molar-refractivity contribution >= 4 is 11.7 Å². The first-order valence-corrected chi connectivity index (χ1v) is 8.71. The van der Waals surface area contributed by atoms with Gasteiger partial charge in [0.1, 0.15) is 18.5 Å². The van der Waals surface area contributed by atoms with Crippen molar-refractivity contribution in [3.63, 3.8) is 0 Å². The van der Waals surface area contributed by atoms with Gasteiger partial charge >= 0.3 is 5.97 Å². The lowest BCUT2D eigenvalue weighted by atomic mass is 9.79. The highest BCUT2D eigenvalue weighted by Crippen LogP contribution is 2.31. The molecule has 0 aliphatic heterocycles. The molecule has 2 N–H and O–H groups in total. The molecule has 0 aliphatic rings. The standard InChI is InChI=1S/C19H24N2O6/c1-3-26-18(23)19(2,11-10-14-5-4-12-20-14)17(22)13-27-16-8-6-15(7-9-16)21(24)25/h4-9,12,17,20,22H,3,10-11,13H2,1-2H3. The molecule has 2 atom stereocenters. The quantitative estimate of drug-likeness (QED) is 0.374. The van der Waals surface area contributed by atoms with Gasteiger partial charge < -0.3 is 19.6 Å². The third-order valence-corrected chi connectivity index (χ3v) is 4.51. The van der Waals surface area contributed by atoms with Crippen molar-refractivity contribution in [1.29, 1.82) is 0 Å². The van der Waals surface area contributed by atoms with Gasteiger partial charge in [-0.25, -0.2) is 0 Å². The number of carbonyl (C=O) groups excluding carboxylic acids is 1. The zero-order chi connectivity index (χ0) is 19.9. The third kappa shape index (κ3) is 5.30. The Hall–Kier alpha value is -2.87. The molecule has 8 nitrogen and oxygen atoms in total. The third-order valence-electron chi connectivity index (χ3n) is 4.51. The van der Waals surface area contributed by atoms with E-state index in [2.05, 4.69) is 4.98 Å². The molecule has 0 bridgehead atoms. The minimum atomic E-state index is -1.15. The maximum absolute atomic E-state index is 12.5. The first kappa shape index (κ1) is 20.4. The average Bonchev–Trinajstić information content (AvgIpc) is 3.18. The summed E-state index contributed by atoms with van der Waals surface area (Å²) < 4.78 is 10.7. The van der Waals surface area contributed by atoms with Crippen molar-refractivity contribution in [2.24, 2.45) is 5.41 Å². The molecule has 0 saturated heterocycles. The fourth-order valence-electron chi connectivity index (χ4n) is 2.64. The van der Waals surface area contributed by atoms with Crippen LogP contribution in [0.15, 0.2) is 42.6 Å². The molecule has 27 heavy (non-hydrogen) atoms. The molecule has 0 spiro atoms. The summed E-state index contributed by atoms with van der Waals surface area (Å²) in [4.78, 5) is 25.7. The molecule has 0 fully saturated rings. The number of hydrogen-bond donors (Lipinski definition) is 2. The first-order chi connectivity index (χ1) is 12.9. The highest BCUT2D eigenvalue weighted by molar-refractivity contribution is 5.77. The summed E-state index contributed by atoms with van der Waals surface area (Å²) in [7, 11) is 0. The lowest BCUT2D eigenvalue weighted by Crippen LogP contribution is -2.44. The Morgan fingerprint density at radius 1 is 1.33 bits per heavy atom. The molecule has 1 heterocycles. The Balaban J connectivity index is 2.04. The number of esters is 1. The van der Waals surface area contributed by atoms with Crippen molar-refractivity contribution in [2.75, 3.05) is 13.2 Å². The maximum Gasteiger partial charge on any atom is 0.314 e. The molecule has 8 heteroatoms. The van der Waals surface area contributed by atoms with E-state index >= 15 is 0 Å². The molecule has 0 saturated carbocycles. The van der Waals surface area contributed by atoms with Gasteiger partial charge in [-0.15, -0.1) is 0 Å². The summed E-state index contributed by atoms with van der Waals surface area (Å²) >= 11 is 0. The minimum absolute atomic E-state index is 0.0507. The Morgan fingerprint density at radius 3 is 2.59 bits per heavy atom. The minimum Gasteiger partial charge on any atom is -0.491 e. The van der Waals surface area contributed by atoms with Gasteiger partial charge in [0.05, 0.1) is 16.9 Å². The largest absolute Gasteiger partial charge is 0.491 e. The molecule has 1 aromatic heterocycles. The number of benzene rings is 1. The van der Waals surface area contributed by atoms with E-state index in [1.807, 2.05) is 12.1 Å². The zero-order valence-corrected chi connectivity index (χ0v) is 15.4. The second kappa shape index (κ2) is 9.18. The van der Waals surface area contributed by atoms with Gasteiger partial charge in [-0.1, -0.05) is 0 Å².